The molecule has 0 saturated carbocycles. The number of rotatable bonds is 5. The minimum atomic E-state index is -0.758. The fourth-order valence-electron chi connectivity index (χ4n) is 2.49. The average molecular weight is 243 g/mol. The maximum absolute atomic E-state index is 11.2. The van der Waals surface area contributed by atoms with E-state index in [4.69, 9.17) is 0 Å². The van der Waals surface area contributed by atoms with Crippen molar-refractivity contribution in [3.8, 4) is 0 Å². The van der Waals surface area contributed by atoms with Crippen molar-refractivity contribution in [3.63, 3.8) is 0 Å². The maximum Gasteiger partial charge on any atom is 0.320 e. The summed E-state index contributed by atoms with van der Waals surface area (Å²) in [6, 6.07) is -0.427. The molecule has 0 radical (unpaired) electrons. The Morgan fingerprint density at radius 2 is 2.00 bits per heavy atom. The second kappa shape index (κ2) is 5.83. The van der Waals surface area contributed by atoms with Crippen LogP contribution in [-0.2, 0) is 4.79 Å². The Morgan fingerprint density at radius 3 is 2.47 bits per heavy atom. The van der Waals surface area contributed by atoms with Crippen molar-refractivity contribution >= 4 is 5.97 Å². The summed E-state index contributed by atoms with van der Waals surface area (Å²) >= 11 is 0. The smallest absolute Gasteiger partial charge is 0.320 e. The number of nitrogens with zero attached hydrogens (tertiary/aromatic N) is 1. The van der Waals surface area contributed by atoms with Gasteiger partial charge < -0.3 is 10.2 Å². The lowest BCUT2D eigenvalue weighted by atomic mass is 9.89. The van der Waals surface area contributed by atoms with Crippen LogP contribution in [0.25, 0.3) is 0 Å². The van der Waals surface area contributed by atoms with Gasteiger partial charge in [-0.3, -0.25) is 9.69 Å². The lowest BCUT2D eigenvalue weighted by molar-refractivity contribution is -0.147. The molecule has 0 aliphatic carbocycles. The SMILES string of the molecule is CCC(O)(CC)CN1CCC(C)CC1C(=O)O. The van der Waals surface area contributed by atoms with Gasteiger partial charge in [-0.15, -0.1) is 0 Å². The first-order valence-electron chi connectivity index (χ1n) is 6.61. The van der Waals surface area contributed by atoms with Crippen LogP contribution in [0.3, 0.4) is 0 Å². The van der Waals surface area contributed by atoms with Gasteiger partial charge in [0.05, 0.1) is 5.60 Å². The molecule has 1 aliphatic heterocycles. The van der Waals surface area contributed by atoms with Crippen molar-refractivity contribution < 1.29 is 15.0 Å². The number of carbonyl (C=O) groups is 1. The molecule has 2 N–H and O–H groups in total. The molecule has 1 fully saturated rings. The Balaban J connectivity index is 2.70. The zero-order chi connectivity index (χ0) is 13.1. The van der Waals surface area contributed by atoms with E-state index in [0.717, 1.165) is 13.0 Å². The van der Waals surface area contributed by atoms with Gasteiger partial charge in [-0.2, -0.15) is 0 Å². The van der Waals surface area contributed by atoms with E-state index in [9.17, 15) is 15.0 Å². The summed E-state index contributed by atoms with van der Waals surface area (Å²) in [5.74, 6) is -0.296. The molecule has 100 valence electrons. The van der Waals surface area contributed by atoms with E-state index in [2.05, 4.69) is 6.92 Å². The molecule has 1 saturated heterocycles. The second-order valence-electron chi connectivity index (χ2n) is 5.39. The minimum Gasteiger partial charge on any atom is -0.480 e. The summed E-state index contributed by atoms with van der Waals surface area (Å²) in [7, 11) is 0. The molecule has 2 atom stereocenters. The van der Waals surface area contributed by atoms with Crippen molar-refractivity contribution in [1.29, 1.82) is 0 Å². The second-order valence-corrected chi connectivity index (χ2v) is 5.39. The number of likely N-dealkylation sites (tertiary alicyclic amines) is 1. The van der Waals surface area contributed by atoms with E-state index in [1.165, 1.54) is 0 Å². The van der Waals surface area contributed by atoms with Crippen LogP contribution in [-0.4, -0.2) is 45.8 Å². The number of aliphatic hydroxyl groups is 1. The van der Waals surface area contributed by atoms with Crippen LogP contribution >= 0.6 is 0 Å². The van der Waals surface area contributed by atoms with Crippen LogP contribution in [0, 0.1) is 5.92 Å². The largest absolute Gasteiger partial charge is 0.480 e. The average Bonchev–Trinajstić information content (AvgIpc) is 2.31. The van der Waals surface area contributed by atoms with Gasteiger partial charge in [0, 0.05) is 6.54 Å². The Hall–Kier alpha value is -0.610. The monoisotopic (exact) mass is 243 g/mol. The van der Waals surface area contributed by atoms with Crippen molar-refractivity contribution in [1.82, 2.24) is 4.90 Å². The zero-order valence-corrected chi connectivity index (χ0v) is 11.1. The Kier molecular flexibility index (Phi) is 4.95. The standard InChI is InChI=1S/C13H25NO3/c1-4-13(17,5-2)9-14-7-6-10(3)8-11(14)12(15)16/h10-11,17H,4-9H2,1-3H3,(H,15,16). The van der Waals surface area contributed by atoms with Crippen molar-refractivity contribution in [2.45, 2.75) is 58.1 Å². The zero-order valence-electron chi connectivity index (χ0n) is 11.1. The van der Waals surface area contributed by atoms with E-state index in [-0.39, 0.29) is 0 Å². The Labute approximate surface area is 104 Å². The lowest BCUT2D eigenvalue weighted by Crippen LogP contribution is -2.53. The first-order chi connectivity index (χ1) is 7.91. The summed E-state index contributed by atoms with van der Waals surface area (Å²) in [6.45, 7) is 7.25. The van der Waals surface area contributed by atoms with Crippen molar-refractivity contribution in [2.75, 3.05) is 13.1 Å². The highest BCUT2D eigenvalue weighted by Gasteiger charge is 2.36. The van der Waals surface area contributed by atoms with Crippen LogP contribution in [0.5, 0.6) is 0 Å². The Bertz CT molecular complexity index is 263. The number of β-amino-alcohol motifs (C(OH)–C–C–N with tert-alkyl or cyclic N) is 1. The van der Waals surface area contributed by atoms with E-state index >= 15 is 0 Å². The normalized spacial score (nSPS) is 27.1. The number of hydrogen-bond acceptors (Lipinski definition) is 3. The van der Waals surface area contributed by atoms with E-state index < -0.39 is 17.6 Å². The summed E-state index contributed by atoms with van der Waals surface area (Å²) in [4.78, 5) is 13.2. The Morgan fingerprint density at radius 1 is 1.41 bits per heavy atom. The first kappa shape index (κ1) is 14.5. The molecule has 1 heterocycles. The van der Waals surface area contributed by atoms with Gasteiger partial charge in [-0.05, 0) is 38.1 Å². The van der Waals surface area contributed by atoms with Crippen LogP contribution in [0.1, 0.15) is 46.5 Å². The van der Waals surface area contributed by atoms with Gasteiger partial charge >= 0.3 is 5.97 Å². The van der Waals surface area contributed by atoms with Gasteiger partial charge in [-0.1, -0.05) is 20.8 Å². The summed E-state index contributed by atoms with van der Waals surface area (Å²) < 4.78 is 0. The van der Waals surface area contributed by atoms with Gasteiger partial charge in [0.1, 0.15) is 6.04 Å². The molecule has 1 rings (SSSR count). The molecule has 4 nitrogen and oxygen atoms in total. The molecule has 0 amide bonds. The molecule has 4 heteroatoms. The summed E-state index contributed by atoms with van der Waals surface area (Å²) in [6.07, 6.45) is 3.05. The molecular weight excluding hydrogens is 218 g/mol. The highest BCUT2D eigenvalue weighted by molar-refractivity contribution is 5.73. The third-order valence-corrected chi connectivity index (χ3v) is 4.07. The van der Waals surface area contributed by atoms with Crippen LogP contribution in [0.4, 0.5) is 0 Å². The highest BCUT2D eigenvalue weighted by Crippen LogP contribution is 2.26. The van der Waals surface area contributed by atoms with Crippen molar-refractivity contribution in [3.05, 3.63) is 0 Å². The fraction of sp³-hybridized carbons (Fsp3) is 0.923. The van der Waals surface area contributed by atoms with Crippen LogP contribution in [0.2, 0.25) is 0 Å². The molecule has 17 heavy (non-hydrogen) atoms. The van der Waals surface area contributed by atoms with Gasteiger partial charge in [0.2, 0.25) is 0 Å². The topological polar surface area (TPSA) is 60.8 Å². The van der Waals surface area contributed by atoms with Gasteiger partial charge in [-0.25, -0.2) is 0 Å². The molecule has 2 unspecified atom stereocenters. The fourth-order valence-corrected chi connectivity index (χ4v) is 2.49. The maximum atomic E-state index is 11.2. The van der Waals surface area contributed by atoms with Gasteiger partial charge in [0.25, 0.3) is 0 Å². The first-order valence-corrected chi connectivity index (χ1v) is 6.61. The molecule has 1 aliphatic rings. The van der Waals surface area contributed by atoms with E-state index in [1.54, 1.807) is 0 Å². The molecule has 0 bridgehead atoms. The van der Waals surface area contributed by atoms with E-state index in [1.807, 2.05) is 18.7 Å². The lowest BCUT2D eigenvalue weighted by Gasteiger charge is -2.40. The highest BCUT2D eigenvalue weighted by atomic mass is 16.4. The summed E-state index contributed by atoms with van der Waals surface area (Å²) in [5, 5.41) is 19.6. The van der Waals surface area contributed by atoms with E-state index in [0.29, 0.717) is 31.7 Å². The number of hydrogen-bond donors (Lipinski definition) is 2. The molecule has 0 aromatic heterocycles. The van der Waals surface area contributed by atoms with Crippen molar-refractivity contribution in [2.24, 2.45) is 5.92 Å². The number of aliphatic carboxylic acids is 1. The minimum absolute atomic E-state index is 0.427. The summed E-state index contributed by atoms with van der Waals surface area (Å²) in [5.41, 5.74) is -0.742. The third kappa shape index (κ3) is 3.68. The van der Waals surface area contributed by atoms with Crippen LogP contribution in [0.15, 0.2) is 0 Å². The van der Waals surface area contributed by atoms with Crippen LogP contribution < -0.4 is 0 Å². The predicted octanol–water partition coefficient (Wildman–Crippen LogP) is 1.72. The molecule has 0 aromatic rings. The third-order valence-electron chi connectivity index (χ3n) is 4.07. The number of carboxylic acid groups (broad SMARTS) is 1. The predicted molar refractivity (Wildman–Crippen MR) is 66.9 cm³/mol. The molecule has 0 aromatic carbocycles. The van der Waals surface area contributed by atoms with Gasteiger partial charge in [0.15, 0.2) is 0 Å². The molecular formula is C13H25NO3. The number of carboxylic acids is 1. The molecule has 0 spiro atoms. The number of piperidine rings is 1. The quantitative estimate of drug-likeness (QED) is 0.772.